The van der Waals surface area contributed by atoms with Gasteiger partial charge in [0.25, 0.3) is 0 Å². The van der Waals surface area contributed by atoms with Crippen molar-refractivity contribution in [3.63, 3.8) is 0 Å². The lowest BCUT2D eigenvalue weighted by molar-refractivity contribution is 0.400. The summed E-state index contributed by atoms with van der Waals surface area (Å²) >= 11 is 6.35. The van der Waals surface area contributed by atoms with Crippen LogP contribution in [0.1, 0.15) is 37.8 Å². The summed E-state index contributed by atoms with van der Waals surface area (Å²) in [5.74, 6) is 0.907. The highest BCUT2D eigenvalue weighted by molar-refractivity contribution is 6.31. The van der Waals surface area contributed by atoms with Gasteiger partial charge in [-0.2, -0.15) is 0 Å². The molecule has 0 saturated carbocycles. The highest BCUT2D eigenvalue weighted by Crippen LogP contribution is 2.37. The van der Waals surface area contributed by atoms with Crippen molar-refractivity contribution in [3.8, 4) is 5.75 Å². The van der Waals surface area contributed by atoms with Crippen molar-refractivity contribution in [2.75, 3.05) is 13.7 Å². The Morgan fingerprint density at radius 1 is 1.47 bits per heavy atom. The molecule has 1 atom stereocenters. The van der Waals surface area contributed by atoms with E-state index in [1.807, 2.05) is 0 Å². The van der Waals surface area contributed by atoms with Crippen molar-refractivity contribution in [3.05, 3.63) is 28.3 Å². The van der Waals surface area contributed by atoms with Crippen LogP contribution in [-0.4, -0.2) is 13.7 Å². The highest BCUT2D eigenvalue weighted by atomic mass is 35.5. The van der Waals surface area contributed by atoms with E-state index in [2.05, 4.69) is 31.3 Å². The summed E-state index contributed by atoms with van der Waals surface area (Å²) in [5.41, 5.74) is 2.37. The largest absolute Gasteiger partial charge is 0.496 e. The average Bonchev–Trinajstić information content (AvgIpc) is 2.76. The van der Waals surface area contributed by atoms with Crippen LogP contribution in [0.25, 0.3) is 0 Å². The van der Waals surface area contributed by atoms with Gasteiger partial charge in [-0.05, 0) is 50.4 Å². The zero-order valence-electron chi connectivity index (χ0n) is 10.8. The van der Waals surface area contributed by atoms with Crippen LogP contribution in [0, 0.1) is 0 Å². The summed E-state index contributed by atoms with van der Waals surface area (Å²) in [5, 5.41) is 4.37. The van der Waals surface area contributed by atoms with Gasteiger partial charge in [0.15, 0.2) is 0 Å². The first-order valence-electron chi connectivity index (χ1n) is 6.22. The lowest BCUT2D eigenvalue weighted by atomic mass is 9.89. The van der Waals surface area contributed by atoms with Gasteiger partial charge in [-0.3, -0.25) is 0 Å². The second-order valence-electron chi connectivity index (χ2n) is 4.85. The van der Waals surface area contributed by atoms with E-state index in [1.54, 1.807) is 7.11 Å². The number of halogens is 1. The number of hydrogen-bond donors (Lipinski definition) is 1. The third-order valence-corrected chi connectivity index (χ3v) is 4.07. The molecule has 0 spiro atoms. The molecule has 0 radical (unpaired) electrons. The van der Waals surface area contributed by atoms with Gasteiger partial charge in [0.1, 0.15) is 5.75 Å². The van der Waals surface area contributed by atoms with Crippen LogP contribution in [0.5, 0.6) is 5.75 Å². The lowest BCUT2D eigenvalue weighted by Gasteiger charge is -2.26. The maximum atomic E-state index is 6.35. The fourth-order valence-corrected chi connectivity index (χ4v) is 2.94. The van der Waals surface area contributed by atoms with Crippen LogP contribution in [0.4, 0.5) is 0 Å². The summed E-state index contributed by atoms with van der Waals surface area (Å²) in [4.78, 5) is 0. The number of benzene rings is 1. The van der Waals surface area contributed by atoms with E-state index in [4.69, 9.17) is 16.3 Å². The number of ether oxygens (including phenoxy) is 1. The maximum Gasteiger partial charge on any atom is 0.123 e. The average molecular weight is 254 g/mol. The fourth-order valence-electron chi connectivity index (χ4n) is 2.60. The molecule has 1 aromatic rings. The minimum Gasteiger partial charge on any atom is -0.496 e. The van der Waals surface area contributed by atoms with Gasteiger partial charge in [0, 0.05) is 16.1 Å². The number of hydrogen-bond acceptors (Lipinski definition) is 2. The first-order chi connectivity index (χ1) is 8.10. The molecular weight excluding hydrogens is 234 g/mol. The minimum absolute atomic E-state index is 0.0448. The molecule has 1 saturated heterocycles. The molecule has 0 amide bonds. The monoisotopic (exact) mass is 253 g/mol. The molecular formula is C14H20ClNO. The van der Waals surface area contributed by atoms with Crippen molar-refractivity contribution < 1.29 is 4.74 Å². The number of rotatable bonds is 3. The molecule has 2 nitrogen and oxygen atoms in total. The summed E-state index contributed by atoms with van der Waals surface area (Å²) < 4.78 is 5.45. The molecule has 1 unspecified atom stereocenters. The molecule has 1 heterocycles. The third kappa shape index (κ3) is 2.29. The van der Waals surface area contributed by atoms with Gasteiger partial charge >= 0.3 is 0 Å². The van der Waals surface area contributed by atoms with Gasteiger partial charge in [-0.25, -0.2) is 0 Å². The molecule has 2 rings (SSSR count). The van der Waals surface area contributed by atoms with Crippen LogP contribution >= 0.6 is 11.6 Å². The van der Waals surface area contributed by atoms with Crippen LogP contribution < -0.4 is 10.1 Å². The SMILES string of the molecule is CCc1c(Cl)cc(C2(C)CCCN2)cc1OC. The van der Waals surface area contributed by atoms with Gasteiger partial charge in [-0.1, -0.05) is 18.5 Å². The van der Waals surface area contributed by atoms with Crippen molar-refractivity contribution in [2.24, 2.45) is 0 Å². The second-order valence-corrected chi connectivity index (χ2v) is 5.26. The summed E-state index contributed by atoms with van der Waals surface area (Å²) in [7, 11) is 1.71. The summed E-state index contributed by atoms with van der Waals surface area (Å²) in [6.45, 7) is 5.40. The Labute approximate surface area is 108 Å². The van der Waals surface area contributed by atoms with Gasteiger partial charge in [0.2, 0.25) is 0 Å². The predicted molar refractivity (Wildman–Crippen MR) is 72.0 cm³/mol. The molecule has 17 heavy (non-hydrogen) atoms. The van der Waals surface area contributed by atoms with Crippen molar-refractivity contribution in [1.82, 2.24) is 5.32 Å². The Kier molecular flexibility index (Phi) is 3.64. The number of nitrogens with one attached hydrogen (secondary N) is 1. The van der Waals surface area contributed by atoms with E-state index in [1.165, 1.54) is 12.0 Å². The highest BCUT2D eigenvalue weighted by Gasteiger charge is 2.31. The van der Waals surface area contributed by atoms with E-state index < -0.39 is 0 Å². The van der Waals surface area contributed by atoms with Gasteiger partial charge < -0.3 is 10.1 Å². The zero-order chi connectivity index (χ0) is 12.5. The normalized spacial score (nSPS) is 24.0. The molecule has 1 aromatic carbocycles. The van der Waals surface area contributed by atoms with Crippen molar-refractivity contribution >= 4 is 11.6 Å². The molecule has 1 fully saturated rings. The van der Waals surface area contributed by atoms with E-state index in [9.17, 15) is 0 Å². The van der Waals surface area contributed by atoms with Gasteiger partial charge in [0.05, 0.1) is 7.11 Å². The Morgan fingerprint density at radius 2 is 2.24 bits per heavy atom. The van der Waals surface area contributed by atoms with E-state index in [-0.39, 0.29) is 5.54 Å². The molecule has 0 bridgehead atoms. The fraction of sp³-hybridized carbons (Fsp3) is 0.571. The standard InChI is InChI=1S/C14H20ClNO/c1-4-11-12(15)8-10(9-13(11)17-3)14(2)6-5-7-16-14/h8-9,16H,4-7H2,1-3H3. The summed E-state index contributed by atoms with van der Waals surface area (Å²) in [6, 6.07) is 4.21. The van der Waals surface area contributed by atoms with E-state index in [0.717, 1.165) is 35.7 Å². The molecule has 3 heteroatoms. The summed E-state index contributed by atoms with van der Waals surface area (Å²) in [6.07, 6.45) is 3.26. The molecule has 1 aliphatic heterocycles. The molecule has 0 aromatic heterocycles. The Bertz CT molecular complexity index is 411. The molecule has 94 valence electrons. The zero-order valence-corrected chi connectivity index (χ0v) is 11.5. The van der Waals surface area contributed by atoms with Gasteiger partial charge in [-0.15, -0.1) is 0 Å². The number of methoxy groups -OCH3 is 1. The van der Waals surface area contributed by atoms with Crippen LogP contribution in [-0.2, 0) is 12.0 Å². The Hall–Kier alpha value is -0.730. The van der Waals surface area contributed by atoms with E-state index >= 15 is 0 Å². The first kappa shape index (κ1) is 12.7. The smallest absolute Gasteiger partial charge is 0.123 e. The first-order valence-corrected chi connectivity index (χ1v) is 6.60. The topological polar surface area (TPSA) is 21.3 Å². The van der Waals surface area contributed by atoms with Crippen LogP contribution in [0.15, 0.2) is 12.1 Å². The quantitative estimate of drug-likeness (QED) is 0.890. The lowest BCUT2D eigenvalue weighted by Crippen LogP contribution is -2.33. The minimum atomic E-state index is 0.0448. The predicted octanol–water partition coefficient (Wildman–Crippen LogP) is 3.51. The molecule has 1 aliphatic rings. The second kappa shape index (κ2) is 4.87. The maximum absolute atomic E-state index is 6.35. The Balaban J connectivity index is 2.46. The Morgan fingerprint density at radius 3 is 2.76 bits per heavy atom. The van der Waals surface area contributed by atoms with Crippen molar-refractivity contribution in [2.45, 2.75) is 38.6 Å². The van der Waals surface area contributed by atoms with Crippen LogP contribution in [0.3, 0.4) is 0 Å². The van der Waals surface area contributed by atoms with E-state index in [0.29, 0.717) is 0 Å². The molecule has 0 aliphatic carbocycles. The van der Waals surface area contributed by atoms with Crippen molar-refractivity contribution in [1.29, 1.82) is 0 Å². The third-order valence-electron chi connectivity index (χ3n) is 3.73. The van der Waals surface area contributed by atoms with Crippen LogP contribution in [0.2, 0.25) is 5.02 Å². The molecule has 1 N–H and O–H groups in total.